The fourth-order valence-corrected chi connectivity index (χ4v) is 4.69. The van der Waals surface area contributed by atoms with Crippen molar-refractivity contribution in [3.63, 3.8) is 0 Å². The number of ether oxygens (including phenoxy) is 1. The van der Waals surface area contributed by atoms with Gasteiger partial charge in [0.2, 0.25) is 5.91 Å². The summed E-state index contributed by atoms with van der Waals surface area (Å²) in [6.45, 7) is 7.09. The lowest BCUT2D eigenvalue weighted by atomic mass is 10.1. The average Bonchev–Trinajstić information content (AvgIpc) is 3.16. The number of carbonyl (C=O) groups is 1. The van der Waals surface area contributed by atoms with Gasteiger partial charge in [-0.2, -0.15) is 0 Å². The van der Waals surface area contributed by atoms with Gasteiger partial charge in [-0.3, -0.25) is 4.79 Å². The van der Waals surface area contributed by atoms with Crippen molar-refractivity contribution in [1.29, 1.82) is 0 Å². The Morgan fingerprint density at radius 1 is 1.20 bits per heavy atom. The minimum absolute atomic E-state index is 0.107. The van der Waals surface area contributed by atoms with Gasteiger partial charge in [-0.05, 0) is 37.6 Å². The molecule has 156 valence electrons. The second-order valence-electron chi connectivity index (χ2n) is 7.45. The number of benzene rings is 2. The van der Waals surface area contributed by atoms with Crippen LogP contribution in [0.15, 0.2) is 41.8 Å². The number of thiazole rings is 1. The van der Waals surface area contributed by atoms with Crippen LogP contribution in [0.3, 0.4) is 0 Å². The van der Waals surface area contributed by atoms with Crippen LogP contribution in [0.1, 0.15) is 16.8 Å². The summed E-state index contributed by atoms with van der Waals surface area (Å²) in [5.41, 5.74) is 5.98. The molecular weight excluding hydrogens is 418 g/mol. The number of nitrogens with zero attached hydrogens (tertiary/aromatic N) is 2. The molecule has 2 heterocycles. The van der Waals surface area contributed by atoms with Crippen LogP contribution in [0.25, 0.3) is 10.6 Å². The molecule has 0 unspecified atom stereocenters. The topological polar surface area (TPSA) is 54.5 Å². The minimum Gasteiger partial charge on any atom is -0.378 e. The molecule has 4 rings (SSSR count). The maximum atomic E-state index is 12.8. The first-order valence-corrected chi connectivity index (χ1v) is 11.2. The number of aryl methyl sites for hydroxylation is 2. The van der Waals surface area contributed by atoms with Crippen LogP contribution in [0.2, 0.25) is 5.02 Å². The van der Waals surface area contributed by atoms with Gasteiger partial charge in [0.1, 0.15) is 5.01 Å². The van der Waals surface area contributed by atoms with Gasteiger partial charge in [-0.1, -0.05) is 35.4 Å². The van der Waals surface area contributed by atoms with Gasteiger partial charge >= 0.3 is 0 Å². The number of halogens is 1. The van der Waals surface area contributed by atoms with Crippen LogP contribution < -0.4 is 10.2 Å². The maximum Gasteiger partial charge on any atom is 0.230 e. The van der Waals surface area contributed by atoms with Crippen molar-refractivity contribution in [2.45, 2.75) is 20.3 Å². The summed E-state index contributed by atoms with van der Waals surface area (Å²) in [7, 11) is 0. The number of carbonyl (C=O) groups excluding carboxylic acids is 1. The summed E-state index contributed by atoms with van der Waals surface area (Å²) in [4.78, 5) is 19.6. The van der Waals surface area contributed by atoms with E-state index < -0.39 is 0 Å². The number of anilines is 2. The molecule has 0 aliphatic carbocycles. The highest BCUT2D eigenvalue weighted by Gasteiger charge is 2.17. The molecule has 2 aromatic carbocycles. The van der Waals surface area contributed by atoms with E-state index in [1.807, 2.05) is 17.5 Å². The van der Waals surface area contributed by atoms with Crippen LogP contribution in [0.4, 0.5) is 11.4 Å². The van der Waals surface area contributed by atoms with Crippen LogP contribution in [0, 0.1) is 13.8 Å². The van der Waals surface area contributed by atoms with Gasteiger partial charge in [-0.25, -0.2) is 4.98 Å². The molecule has 0 spiro atoms. The predicted octanol–water partition coefficient (Wildman–Crippen LogP) is 5.10. The fourth-order valence-electron chi connectivity index (χ4n) is 3.61. The van der Waals surface area contributed by atoms with Crippen molar-refractivity contribution in [2.75, 3.05) is 36.5 Å². The van der Waals surface area contributed by atoms with E-state index >= 15 is 0 Å². The summed E-state index contributed by atoms with van der Waals surface area (Å²) in [5.74, 6) is -0.107. The zero-order valence-corrected chi connectivity index (χ0v) is 18.6. The van der Waals surface area contributed by atoms with Gasteiger partial charge in [0.25, 0.3) is 0 Å². The molecule has 1 aliphatic heterocycles. The lowest BCUT2D eigenvalue weighted by molar-refractivity contribution is -0.115. The molecule has 0 saturated carbocycles. The molecule has 5 nitrogen and oxygen atoms in total. The number of rotatable bonds is 5. The summed E-state index contributed by atoms with van der Waals surface area (Å²) in [6.07, 6.45) is 0.219. The molecular formula is C23H24ClN3O2S. The molecule has 30 heavy (non-hydrogen) atoms. The van der Waals surface area contributed by atoms with Crippen LogP contribution in [0.5, 0.6) is 0 Å². The normalized spacial score (nSPS) is 14.0. The highest BCUT2D eigenvalue weighted by Crippen LogP contribution is 2.31. The Hall–Kier alpha value is -2.41. The van der Waals surface area contributed by atoms with Crippen molar-refractivity contribution in [2.24, 2.45) is 0 Å². The summed E-state index contributed by atoms with van der Waals surface area (Å²) < 4.78 is 5.44. The Morgan fingerprint density at radius 3 is 2.77 bits per heavy atom. The Balaban J connectivity index is 1.48. The zero-order chi connectivity index (χ0) is 21.1. The summed E-state index contributed by atoms with van der Waals surface area (Å²) in [5, 5.41) is 6.51. The van der Waals surface area contributed by atoms with Crippen molar-refractivity contribution in [3.05, 3.63) is 63.6 Å². The summed E-state index contributed by atoms with van der Waals surface area (Å²) in [6, 6.07) is 11.9. The van der Waals surface area contributed by atoms with Crippen LogP contribution in [-0.4, -0.2) is 37.2 Å². The van der Waals surface area contributed by atoms with Gasteiger partial charge in [0.05, 0.1) is 36.7 Å². The smallest absolute Gasteiger partial charge is 0.230 e. The number of hydrogen-bond acceptors (Lipinski definition) is 5. The van der Waals surface area contributed by atoms with Gasteiger partial charge in [0, 0.05) is 29.1 Å². The van der Waals surface area contributed by atoms with E-state index in [1.54, 1.807) is 17.4 Å². The quantitative estimate of drug-likeness (QED) is 0.598. The second-order valence-corrected chi connectivity index (χ2v) is 8.74. The van der Waals surface area contributed by atoms with E-state index in [2.05, 4.69) is 47.2 Å². The maximum absolute atomic E-state index is 12.8. The molecule has 1 fully saturated rings. The highest BCUT2D eigenvalue weighted by molar-refractivity contribution is 7.13. The lowest BCUT2D eigenvalue weighted by Gasteiger charge is -2.30. The molecule has 1 amide bonds. The second kappa shape index (κ2) is 9.16. The molecule has 7 heteroatoms. The number of aromatic nitrogens is 1. The first-order valence-electron chi connectivity index (χ1n) is 9.94. The fraction of sp³-hybridized carbons (Fsp3) is 0.304. The largest absolute Gasteiger partial charge is 0.378 e. The number of amides is 1. The molecule has 0 radical (unpaired) electrons. The number of morpholine rings is 1. The highest BCUT2D eigenvalue weighted by atomic mass is 35.5. The molecule has 1 N–H and O–H groups in total. The van der Waals surface area contributed by atoms with Gasteiger partial charge in [0.15, 0.2) is 0 Å². The lowest BCUT2D eigenvalue weighted by Crippen LogP contribution is -2.36. The van der Waals surface area contributed by atoms with Crippen LogP contribution >= 0.6 is 22.9 Å². The monoisotopic (exact) mass is 441 g/mol. The Labute approximate surface area is 185 Å². The van der Waals surface area contributed by atoms with E-state index in [-0.39, 0.29) is 12.3 Å². The number of hydrogen-bond donors (Lipinski definition) is 1. The Kier molecular flexibility index (Phi) is 6.37. The third-order valence-electron chi connectivity index (χ3n) is 5.09. The van der Waals surface area contributed by atoms with Gasteiger partial charge in [-0.15, -0.1) is 11.3 Å². The third-order valence-corrected chi connectivity index (χ3v) is 6.25. The number of nitrogens with one attached hydrogen (secondary N) is 1. The van der Waals surface area contributed by atoms with Crippen LogP contribution in [-0.2, 0) is 16.0 Å². The van der Waals surface area contributed by atoms with E-state index in [9.17, 15) is 4.79 Å². The van der Waals surface area contributed by atoms with E-state index in [0.717, 1.165) is 40.7 Å². The first kappa shape index (κ1) is 20.8. The SMILES string of the molecule is Cc1ccc(-c2nc(CC(=O)Nc3cc(Cl)ccc3N3CCOCC3)cs2)c(C)c1. The average molecular weight is 442 g/mol. The Morgan fingerprint density at radius 2 is 2.00 bits per heavy atom. The van der Waals surface area contributed by atoms with Crippen molar-refractivity contribution >= 4 is 40.2 Å². The molecule has 1 aromatic heterocycles. The van der Waals surface area contributed by atoms with Crippen molar-refractivity contribution in [1.82, 2.24) is 4.98 Å². The van der Waals surface area contributed by atoms with Crippen molar-refractivity contribution in [3.8, 4) is 10.6 Å². The van der Waals surface area contributed by atoms with Gasteiger partial charge < -0.3 is 15.0 Å². The van der Waals surface area contributed by atoms with Crippen molar-refractivity contribution < 1.29 is 9.53 Å². The first-order chi connectivity index (χ1) is 14.5. The molecule has 1 aliphatic rings. The Bertz CT molecular complexity index is 1060. The van der Waals surface area contributed by atoms with E-state index in [4.69, 9.17) is 16.3 Å². The minimum atomic E-state index is -0.107. The molecule has 0 bridgehead atoms. The molecule has 1 saturated heterocycles. The van der Waals surface area contributed by atoms with E-state index in [0.29, 0.717) is 18.2 Å². The standard InChI is InChI=1S/C23H24ClN3O2S/c1-15-3-5-19(16(2)11-15)23-25-18(14-30-23)13-22(28)26-20-12-17(24)4-6-21(20)27-7-9-29-10-8-27/h3-6,11-12,14H,7-10,13H2,1-2H3,(H,26,28). The molecule has 3 aromatic rings. The van der Waals surface area contributed by atoms with E-state index in [1.165, 1.54) is 11.1 Å². The molecule has 0 atom stereocenters. The summed E-state index contributed by atoms with van der Waals surface area (Å²) >= 11 is 7.76. The third kappa shape index (κ3) is 4.83. The zero-order valence-electron chi connectivity index (χ0n) is 17.1. The predicted molar refractivity (Wildman–Crippen MR) is 124 cm³/mol.